The van der Waals surface area contributed by atoms with Gasteiger partial charge in [0.25, 0.3) is 0 Å². The van der Waals surface area contributed by atoms with E-state index >= 15 is 0 Å². The van der Waals surface area contributed by atoms with E-state index in [0.29, 0.717) is 55.3 Å². The van der Waals surface area contributed by atoms with Gasteiger partial charge in [-0.15, -0.1) is 0 Å². The molecule has 0 unspecified atom stereocenters. The van der Waals surface area contributed by atoms with Crippen molar-refractivity contribution < 1.29 is 39.1 Å². The number of nitrogens with one attached hydrogen (secondary N) is 3. The Labute approximate surface area is 375 Å². The van der Waals surface area contributed by atoms with Crippen molar-refractivity contribution in [2.45, 2.75) is 65.9 Å². The molecule has 0 aliphatic carbocycles. The number of carbonyl (C=O) groups is 1. The van der Waals surface area contributed by atoms with Crippen LogP contribution in [0.1, 0.15) is 62.1 Å². The van der Waals surface area contributed by atoms with Gasteiger partial charge >= 0.3 is 5.97 Å². The molecule has 0 saturated heterocycles. The van der Waals surface area contributed by atoms with Gasteiger partial charge < -0.3 is 50.4 Å². The Hall–Kier alpha value is -6.35. The molecule has 0 radical (unpaired) electrons. The zero-order valence-corrected chi connectivity index (χ0v) is 36.2. The lowest BCUT2D eigenvalue weighted by atomic mass is 9.92. The fourth-order valence-electron chi connectivity index (χ4n) is 6.81. The molecular weight excluding hydrogens is 845 g/mol. The molecule has 1 atom stereocenters. The van der Waals surface area contributed by atoms with Crippen LogP contribution < -0.4 is 24.3 Å². The lowest BCUT2D eigenvalue weighted by molar-refractivity contribution is -0.140. The van der Waals surface area contributed by atoms with Crippen LogP contribution in [0.4, 0.5) is 0 Å². The molecule has 6 rings (SSSR count). The molecule has 2 aromatic heterocycles. The number of ether oxygens (including phenoxy) is 4. The first-order chi connectivity index (χ1) is 30.5. The van der Waals surface area contributed by atoms with Crippen molar-refractivity contribution in [1.29, 1.82) is 10.8 Å². The van der Waals surface area contributed by atoms with E-state index < -0.39 is 12.0 Å². The van der Waals surface area contributed by atoms with Gasteiger partial charge in [-0.1, -0.05) is 59.6 Å². The lowest BCUT2D eigenvalue weighted by Crippen LogP contribution is -2.37. The molecule has 0 bridgehead atoms. The topological polar surface area (TPSA) is 200 Å². The molecule has 0 fully saturated rings. The highest BCUT2D eigenvalue weighted by atomic mass is 35.5. The molecule has 326 valence electrons. The molecule has 13 nitrogen and oxygen atoms in total. The fraction of sp³-hybridized carbons (Fsp3) is 0.229. The molecule has 0 aliphatic heterocycles. The van der Waals surface area contributed by atoms with Gasteiger partial charge in [-0.2, -0.15) is 0 Å². The predicted octanol–water partition coefficient (Wildman–Crippen LogP) is 8.80. The molecule has 0 saturated carbocycles. The summed E-state index contributed by atoms with van der Waals surface area (Å²) in [4.78, 5) is 20.1. The maximum atomic E-state index is 11.8. The third-order valence-electron chi connectivity index (χ3n) is 10.4. The van der Waals surface area contributed by atoms with E-state index in [-0.39, 0.29) is 52.6 Å². The first kappa shape index (κ1) is 46.2. The maximum Gasteiger partial charge on any atom is 0.320 e. The summed E-state index contributed by atoms with van der Waals surface area (Å²) in [5, 5.41) is 47.7. The van der Waals surface area contributed by atoms with Crippen molar-refractivity contribution in [1.82, 2.24) is 15.3 Å². The minimum absolute atomic E-state index is 0.0221. The van der Waals surface area contributed by atoms with Crippen LogP contribution in [0.25, 0.3) is 11.1 Å². The minimum atomic E-state index is -1.09. The zero-order chi connectivity index (χ0) is 44.9. The van der Waals surface area contributed by atoms with Crippen LogP contribution in [0.15, 0.2) is 97.6 Å². The molecule has 0 aliphatic rings. The number of aliphatic hydroxyl groups is 2. The molecule has 6 aromatic rings. The number of benzene rings is 4. The molecule has 2 heterocycles. The number of rotatable bonds is 22. The van der Waals surface area contributed by atoms with Crippen LogP contribution >= 0.6 is 23.2 Å². The summed E-state index contributed by atoms with van der Waals surface area (Å²) >= 11 is 13.4. The number of aliphatic carboxylic acids is 1. The van der Waals surface area contributed by atoms with Crippen molar-refractivity contribution in [2.24, 2.45) is 0 Å². The van der Waals surface area contributed by atoms with E-state index in [9.17, 15) is 20.1 Å². The van der Waals surface area contributed by atoms with Crippen LogP contribution in [0.5, 0.6) is 23.0 Å². The third kappa shape index (κ3) is 12.0. The summed E-state index contributed by atoms with van der Waals surface area (Å²) in [6, 6.07) is 21.3. The number of hydrogen-bond acceptors (Lipinski definition) is 12. The third-order valence-corrected chi connectivity index (χ3v) is 10.9. The Bertz CT molecular complexity index is 2590. The highest BCUT2D eigenvalue weighted by Crippen LogP contribution is 2.37. The van der Waals surface area contributed by atoms with Crippen molar-refractivity contribution in [3.63, 3.8) is 0 Å². The van der Waals surface area contributed by atoms with Crippen molar-refractivity contribution >= 4 is 41.6 Å². The van der Waals surface area contributed by atoms with Gasteiger partial charge in [0.15, 0.2) is 0 Å². The van der Waals surface area contributed by atoms with Crippen LogP contribution in [0.3, 0.4) is 0 Å². The quantitative estimate of drug-likeness (QED) is 0.0356. The van der Waals surface area contributed by atoms with Gasteiger partial charge in [0.2, 0.25) is 0 Å². The predicted molar refractivity (Wildman–Crippen MR) is 242 cm³/mol. The monoisotopic (exact) mass is 891 g/mol. The molecule has 4 aromatic carbocycles. The second-order valence-corrected chi connectivity index (χ2v) is 15.4. The van der Waals surface area contributed by atoms with E-state index in [4.69, 9.17) is 53.0 Å². The highest BCUT2D eigenvalue weighted by molar-refractivity contribution is 6.32. The summed E-state index contributed by atoms with van der Waals surface area (Å²) in [7, 11) is 0. The molecule has 0 amide bonds. The van der Waals surface area contributed by atoms with Crippen LogP contribution in [0, 0.1) is 24.7 Å². The van der Waals surface area contributed by atoms with Crippen molar-refractivity contribution in [3.8, 4) is 34.1 Å². The maximum absolute atomic E-state index is 11.8. The standard InChI is InChI=1S/C48H47Cl2N5O8/c1-29-35(27-62-46-15-44(60-25-33-11-31(17-51)19-53-21-33)37(13-41(46)49)23-55-43(9-10-56)48(58)59)5-3-7-39(29)40-8-4-6-36(30(40)2)28-63-47-16-45(38(24-57)14-42(47)50)61-26-34-12-32(18-52)20-54-22-34/h3-8,11-22,43,51-52,55-57H,9-10,23-28H2,1-2H3,(H,58,59)/t43-/m0/s1. The second-order valence-electron chi connectivity index (χ2n) is 14.6. The number of halogens is 2. The smallest absolute Gasteiger partial charge is 0.320 e. The van der Waals surface area contributed by atoms with Gasteiger partial charge in [0.05, 0.1) is 16.7 Å². The Balaban J connectivity index is 1.19. The number of carboxylic acids is 1. The second kappa shape index (κ2) is 22.1. The fourth-order valence-corrected chi connectivity index (χ4v) is 7.29. The van der Waals surface area contributed by atoms with E-state index in [1.165, 1.54) is 12.4 Å². The molecule has 0 spiro atoms. The molecule has 63 heavy (non-hydrogen) atoms. The number of hydrogen-bond donors (Lipinski definition) is 6. The number of pyridine rings is 2. The van der Waals surface area contributed by atoms with E-state index in [0.717, 1.165) is 44.5 Å². The van der Waals surface area contributed by atoms with Gasteiger partial charge in [0, 0.05) is 95.9 Å². The molecular formula is C48H47Cl2N5O8. The van der Waals surface area contributed by atoms with Crippen LogP contribution in [-0.4, -0.2) is 56.3 Å². The van der Waals surface area contributed by atoms with E-state index in [1.807, 2.05) is 38.1 Å². The Morgan fingerprint density at radius 2 is 1.14 bits per heavy atom. The zero-order valence-electron chi connectivity index (χ0n) is 34.7. The van der Waals surface area contributed by atoms with Gasteiger partial charge in [-0.05, 0) is 77.9 Å². The SMILES string of the molecule is Cc1c(COc2cc(OCc3cncc(C=N)c3)c(CO)cc2Cl)cccc1-c1cccc(COc2cc(OCc3cncc(C=N)c3)c(CN[C@@H](CCO)C(=O)O)cc2Cl)c1C. The molecule has 15 heteroatoms. The molecule has 6 N–H and O–H groups in total. The number of carboxylic acid groups (broad SMARTS) is 1. The number of aromatic nitrogens is 2. The number of nitrogens with zero attached hydrogens (tertiary/aromatic N) is 2. The first-order valence-electron chi connectivity index (χ1n) is 19.9. The number of aliphatic hydroxyl groups excluding tert-OH is 2. The minimum Gasteiger partial charge on any atom is -0.488 e. The van der Waals surface area contributed by atoms with Crippen molar-refractivity contribution in [3.05, 3.63) is 163 Å². The van der Waals surface area contributed by atoms with Crippen LogP contribution in [-0.2, 0) is 44.4 Å². The van der Waals surface area contributed by atoms with Crippen LogP contribution in [0.2, 0.25) is 10.0 Å². The summed E-state index contributed by atoms with van der Waals surface area (Å²) in [6.45, 7) is 4.26. The average Bonchev–Trinajstić information content (AvgIpc) is 3.29. The Morgan fingerprint density at radius 1 is 0.667 bits per heavy atom. The normalized spacial score (nSPS) is 11.5. The van der Waals surface area contributed by atoms with E-state index in [1.54, 1.807) is 61.2 Å². The van der Waals surface area contributed by atoms with Gasteiger partial charge in [-0.3, -0.25) is 14.8 Å². The van der Waals surface area contributed by atoms with Gasteiger partial charge in [-0.25, -0.2) is 0 Å². The average molecular weight is 893 g/mol. The Morgan fingerprint density at radius 3 is 1.60 bits per heavy atom. The van der Waals surface area contributed by atoms with Crippen molar-refractivity contribution in [2.75, 3.05) is 6.61 Å². The summed E-state index contributed by atoms with van der Waals surface area (Å²) < 4.78 is 24.9. The van der Waals surface area contributed by atoms with Gasteiger partial charge in [0.1, 0.15) is 55.5 Å². The summed E-state index contributed by atoms with van der Waals surface area (Å²) in [5.74, 6) is 0.495. The summed E-state index contributed by atoms with van der Waals surface area (Å²) in [5.41, 5.74) is 9.74. The largest absolute Gasteiger partial charge is 0.488 e. The first-order valence-corrected chi connectivity index (χ1v) is 20.7. The lowest BCUT2D eigenvalue weighted by Gasteiger charge is -2.19. The summed E-state index contributed by atoms with van der Waals surface area (Å²) in [6.07, 6.45) is 8.89. The highest BCUT2D eigenvalue weighted by Gasteiger charge is 2.20. The van der Waals surface area contributed by atoms with E-state index in [2.05, 4.69) is 27.4 Å². The Kier molecular flexibility index (Phi) is 16.2.